The van der Waals surface area contributed by atoms with Gasteiger partial charge in [0.1, 0.15) is 0 Å². The molecule has 7 aliphatic heterocycles. The summed E-state index contributed by atoms with van der Waals surface area (Å²) in [6.45, 7) is -4.72. The summed E-state index contributed by atoms with van der Waals surface area (Å²) in [5.74, 6) is -9.38. The Morgan fingerprint density at radius 3 is 0.610 bits per heavy atom. The Bertz CT molecular complexity index is 2450. The highest BCUT2D eigenvalue weighted by atomic mass is 16.4. The van der Waals surface area contributed by atoms with Crippen LogP contribution in [0, 0.1) is 0 Å². The first kappa shape index (κ1) is 64.2. The van der Waals surface area contributed by atoms with E-state index in [9.17, 15) is 78.6 Å². The van der Waals surface area contributed by atoms with E-state index < -0.39 is 98.7 Å². The average Bonchev–Trinajstić information content (AvgIpc) is 3.47. The molecule has 0 saturated heterocycles. The van der Waals surface area contributed by atoms with Crippen LogP contribution in [-0.4, -0.2) is 237 Å². The zero-order valence-corrected chi connectivity index (χ0v) is 45.2. The van der Waals surface area contributed by atoms with Gasteiger partial charge >= 0.3 is 35.8 Å². The maximum atomic E-state index is 13.2. The highest BCUT2D eigenvalue weighted by Crippen LogP contribution is 2.17. The third-order valence-corrected chi connectivity index (χ3v) is 12.9. The number of nitrogens with zero attached hydrogens (tertiary/aromatic N) is 6. The number of hydrogen-bond acceptors (Lipinski definition) is 16. The topological polar surface area (TPSA) is 360 Å². The molecule has 0 atom stereocenters. The van der Waals surface area contributed by atoms with Crippen LogP contribution in [-0.2, 0) is 73.6 Å². The van der Waals surface area contributed by atoms with Crippen molar-refractivity contribution in [2.75, 3.05) is 139 Å². The summed E-state index contributed by atoms with van der Waals surface area (Å²) in [6, 6.07) is 28.1. The number of carbonyl (C=O) groups excluding carboxylic acids is 4. The van der Waals surface area contributed by atoms with Crippen LogP contribution in [0.2, 0.25) is 0 Å². The summed E-state index contributed by atoms with van der Waals surface area (Å²) < 4.78 is 0. The normalized spacial score (nSPS) is 17.1. The van der Waals surface area contributed by atoms with Gasteiger partial charge in [0.2, 0.25) is 23.6 Å². The molecule has 11 rings (SSSR count). The van der Waals surface area contributed by atoms with Crippen LogP contribution in [0.5, 0.6) is 0 Å². The maximum absolute atomic E-state index is 13.2. The summed E-state index contributed by atoms with van der Waals surface area (Å²) in [5, 5.41) is 69.0. The first-order valence-corrected chi connectivity index (χ1v) is 26.3. The second kappa shape index (κ2) is 33.2. The molecule has 0 spiro atoms. The van der Waals surface area contributed by atoms with Crippen molar-refractivity contribution in [3.05, 3.63) is 119 Å². The van der Waals surface area contributed by atoms with Gasteiger partial charge in [-0.05, 0) is 96.5 Å². The van der Waals surface area contributed by atoms with Crippen molar-refractivity contribution in [3.8, 4) is 0 Å². The van der Waals surface area contributed by atoms with Crippen molar-refractivity contribution >= 4 is 82.2 Å². The third kappa shape index (κ3) is 25.6. The van der Waals surface area contributed by atoms with Gasteiger partial charge in [-0.15, -0.1) is 0 Å². The second-order valence-corrected chi connectivity index (χ2v) is 19.7. The fourth-order valence-electron chi connectivity index (χ4n) is 8.89. The summed E-state index contributed by atoms with van der Waals surface area (Å²) in [7, 11) is 0. The lowest BCUT2D eigenvalue weighted by molar-refractivity contribution is -0.141. The van der Waals surface area contributed by atoms with Crippen molar-refractivity contribution < 1.29 is 78.6 Å². The second-order valence-electron chi connectivity index (χ2n) is 19.7. The van der Waals surface area contributed by atoms with Gasteiger partial charge in [0, 0.05) is 75.1 Å². The van der Waals surface area contributed by atoms with E-state index in [-0.39, 0.29) is 78.5 Å². The smallest absolute Gasteiger partial charge is 0.317 e. The van der Waals surface area contributed by atoms with Crippen LogP contribution in [0.25, 0.3) is 0 Å². The van der Waals surface area contributed by atoms with E-state index in [0.29, 0.717) is 48.4 Å². The highest BCUT2D eigenvalue weighted by Gasteiger charge is 2.23. The largest absolute Gasteiger partial charge is 0.480 e. The van der Waals surface area contributed by atoms with Crippen LogP contribution in [0.4, 0.5) is 22.7 Å². The summed E-state index contributed by atoms with van der Waals surface area (Å²) in [6.07, 6.45) is 2.39. The summed E-state index contributed by atoms with van der Waals surface area (Å²) in [4.78, 5) is 132. The molecule has 0 unspecified atom stereocenters. The Hall–Kier alpha value is -8.66. The zero-order chi connectivity index (χ0) is 59.6. The predicted molar refractivity (Wildman–Crippen MR) is 300 cm³/mol. The molecule has 0 aliphatic carbocycles. The molecule has 7 aliphatic rings. The molecule has 26 nitrogen and oxygen atoms in total. The van der Waals surface area contributed by atoms with Crippen molar-refractivity contribution in [1.29, 1.82) is 0 Å². The van der Waals surface area contributed by atoms with Gasteiger partial charge in [-0.25, -0.2) is 0 Å². The first-order chi connectivity index (χ1) is 39.1. The average molecular weight is 1140 g/mol. The molecule has 0 radical (unpaired) electrons. The molecule has 0 fully saturated rings. The lowest BCUT2D eigenvalue weighted by atomic mass is 10.0. The molecule has 0 aromatic heterocycles. The molecular formula is C56H70N10O16. The number of benzene rings is 4. The van der Waals surface area contributed by atoms with Crippen molar-refractivity contribution in [2.45, 2.75) is 25.7 Å². The highest BCUT2D eigenvalue weighted by molar-refractivity contribution is 5.94. The molecule has 440 valence electrons. The van der Waals surface area contributed by atoms with Crippen molar-refractivity contribution in [1.82, 2.24) is 29.4 Å². The van der Waals surface area contributed by atoms with Gasteiger partial charge < -0.3 is 51.9 Å². The van der Waals surface area contributed by atoms with E-state index in [1.54, 1.807) is 48.5 Å². The number of aryl methyl sites for hydroxylation is 4. The monoisotopic (exact) mass is 1140 g/mol. The van der Waals surface area contributed by atoms with Crippen LogP contribution in [0.3, 0.4) is 0 Å². The number of carboxylic acids is 6. The first-order valence-electron chi connectivity index (χ1n) is 26.3. The van der Waals surface area contributed by atoms with Crippen molar-refractivity contribution in [2.24, 2.45) is 0 Å². The number of carboxylic acid groups (broad SMARTS) is 6. The van der Waals surface area contributed by atoms with Gasteiger partial charge in [0.25, 0.3) is 0 Å². The summed E-state index contributed by atoms with van der Waals surface area (Å²) >= 11 is 0. The molecule has 7 heterocycles. The zero-order valence-electron chi connectivity index (χ0n) is 45.2. The summed E-state index contributed by atoms with van der Waals surface area (Å²) in [5.41, 5.74) is 5.49. The number of anilines is 4. The maximum Gasteiger partial charge on any atom is 0.317 e. The fourth-order valence-corrected chi connectivity index (χ4v) is 8.89. The molecule has 8 bridgehead atoms. The van der Waals surface area contributed by atoms with Crippen LogP contribution < -0.4 is 21.3 Å². The van der Waals surface area contributed by atoms with E-state index in [1.807, 2.05) is 48.5 Å². The number of aliphatic carboxylic acids is 6. The van der Waals surface area contributed by atoms with E-state index in [1.165, 1.54) is 29.4 Å². The lowest BCUT2D eigenvalue weighted by Gasteiger charge is -2.28. The predicted octanol–water partition coefficient (Wildman–Crippen LogP) is 1.04. The van der Waals surface area contributed by atoms with Crippen LogP contribution in [0.15, 0.2) is 97.1 Å². The minimum Gasteiger partial charge on any atom is -0.480 e. The number of rotatable bonds is 12. The minimum absolute atomic E-state index is 0.0103. The molecule has 26 heteroatoms. The van der Waals surface area contributed by atoms with E-state index in [2.05, 4.69) is 21.3 Å². The Morgan fingerprint density at radius 1 is 0.280 bits per heavy atom. The van der Waals surface area contributed by atoms with E-state index in [4.69, 9.17) is 0 Å². The Labute approximate surface area is 472 Å². The van der Waals surface area contributed by atoms with Crippen molar-refractivity contribution in [3.63, 3.8) is 0 Å². The Balaban J connectivity index is 1.30. The molecular weight excluding hydrogens is 1070 g/mol. The Kier molecular flexibility index (Phi) is 26.0. The van der Waals surface area contributed by atoms with Gasteiger partial charge in [-0.2, -0.15) is 0 Å². The van der Waals surface area contributed by atoms with Gasteiger partial charge in [-0.1, -0.05) is 48.5 Å². The lowest BCUT2D eigenvalue weighted by Crippen LogP contribution is -2.46. The van der Waals surface area contributed by atoms with Crippen LogP contribution in [0.1, 0.15) is 22.3 Å². The number of carbonyl (C=O) groups is 10. The third-order valence-electron chi connectivity index (χ3n) is 12.9. The minimum atomic E-state index is -1.22. The number of nitrogens with one attached hydrogen (secondary N) is 4. The number of amides is 4. The quantitative estimate of drug-likeness (QED) is 0.0947. The Morgan fingerprint density at radius 2 is 0.439 bits per heavy atom. The fraction of sp³-hybridized carbons (Fsp3) is 0.393. The SMILES string of the molecule is O=C(O)CN1CCN(CC(=O)O)CC(=O)Nc2ccc(cc2)CCc2ccc(cc2)NC(=O)CN(CC(=O)O)CCN(CC(=O)O)CCN(CC(=O)O)CC(=O)Nc2ccc(cc2)CCc2ccc(cc2)NC(=O)CN(CC(=O)O)CC1. The van der Waals surface area contributed by atoms with Gasteiger partial charge in [0.05, 0.1) is 65.4 Å². The van der Waals surface area contributed by atoms with Crippen LogP contribution >= 0.6 is 0 Å². The molecule has 82 heavy (non-hydrogen) atoms. The number of hydrogen-bond donors (Lipinski definition) is 10. The molecule has 4 amide bonds. The molecule has 0 saturated carbocycles. The van der Waals surface area contributed by atoms with E-state index in [0.717, 1.165) is 22.3 Å². The van der Waals surface area contributed by atoms with E-state index >= 15 is 0 Å². The molecule has 10 N–H and O–H groups in total. The van der Waals surface area contributed by atoms with Gasteiger partial charge in [0.15, 0.2) is 0 Å². The standard InChI is InChI=1S/C56H70N10O16/c67-47-29-63(35-53(75)76)25-21-61(33-51(71)72)23-27-65(37-55(79)80)31-49(69)59-45-17-9-41(10-18-45)3-4-42-11-19-46(20-12-42)60-50(70)32-66(38-56(81)82)28-24-62(34-52(73)74)22-26-64(36-54(77)78)30-48(68)58-44-15-7-40(8-16-44)2-1-39-5-13-43(57-47)14-6-39/h5-20H,1-4,21-38H2,(H,57,67)(H,58,68)(H,59,69)(H,60,70)(H,71,72)(H,73,74)(H,75,76)(H,77,78)(H,79,80)(H,81,82). The van der Waals surface area contributed by atoms with Gasteiger partial charge in [-0.3, -0.25) is 77.3 Å². The molecule has 4 aromatic rings. The molecule has 4 aromatic carbocycles.